The summed E-state index contributed by atoms with van der Waals surface area (Å²) in [6.07, 6.45) is 5.51. The second kappa shape index (κ2) is 7.00. The number of carboxylic acids is 1. The molecule has 1 aromatic rings. The van der Waals surface area contributed by atoms with Gasteiger partial charge in [0.1, 0.15) is 0 Å². The Hall–Kier alpha value is -1.46. The molecule has 116 valence electrons. The van der Waals surface area contributed by atoms with Crippen molar-refractivity contribution in [3.05, 3.63) is 29.6 Å². The number of aromatic carboxylic acids is 1. The molecule has 0 saturated carbocycles. The molecule has 1 saturated heterocycles. The van der Waals surface area contributed by atoms with Crippen LogP contribution in [-0.2, 0) is 11.3 Å². The molecule has 1 fully saturated rings. The summed E-state index contributed by atoms with van der Waals surface area (Å²) in [5, 5.41) is 12.4. The Kier molecular flexibility index (Phi) is 5.31. The Bertz CT molecular complexity index is 469. The molecular weight excluding hydrogens is 268 g/mol. The van der Waals surface area contributed by atoms with E-state index < -0.39 is 5.97 Å². The molecule has 0 bridgehead atoms. The van der Waals surface area contributed by atoms with Crippen molar-refractivity contribution in [2.24, 2.45) is 0 Å². The van der Waals surface area contributed by atoms with E-state index in [2.05, 4.69) is 24.1 Å². The van der Waals surface area contributed by atoms with Crippen LogP contribution in [0.15, 0.2) is 18.3 Å². The number of carboxylic acid groups (broad SMARTS) is 1. The van der Waals surface area contributed by atoms with Crippen LogP contribution in [-0.4, -0.2) is 34.3 Å². The fourth-order valence-electron chi connectivity index (χ4n) is 2.85. The van der Waals surface area contributed by atoms with Gasteiger partial charge in [0.25, 0.3) is 0 Å². The van der Waals surface area contributed by atoms with E-state index in [-0.39, 0.29) is 11.2 Å². The average Bonchev–Trinajstić information content (AvgIpc) is 2.53. The molecule has 2 heterocycles. The smallest absolute Gasteiger partial charge is 0.337 e. The molecule has 0 aliphatic carbocycles. The standard InChI is InChI=1S/C16H24N2O3/c1-3-16(4-2)9-13(7-8-21-16)18-11-14-6-5-12(10-17-14)15(19)20/h5-6,10,13,18H,3-4,7-9,11H2,1-2H3,(H,19,20). The zero-order chi connectivity index (χ0) is 15.3. The minimum atomic E-state index is -0.942. The molecule has 1 aliphatic rings. The maximum atomic E-state index is 10.8. The summed E-state index contributed by atoms with van der Waals surface area (Å²) in [5.74, 6) is -0.942. The molecule has 2 N–H and O–H groups in total. The van der Waals surface area contributed by atoms with Crippen molar-refractivity contribution in [3.63, 3.8) is 0 Å². The van der Waals surface area contributed by atoms with Crippen LogP contribution < -0.4 is 5.32 Å². The number of aromatic nitrogens is 1. The quantitative estimate of drug-likeness (QED) is 0.843. The van der Waals surface area contributed by atoms with E-state index in [1.807, 2.05) is 0 Å². The van der Waals surface area contributed by atoms with Gasteiger partial charge < -0.3 is 15.2 Å². The molecule has 1 aliphatic heterocycles. The lowest BCUT2D eigenvalue weighted by molar-refractivity contribution is -0.0932. The maximum Gasteiger partial charge on any atom is 0.337 e. The van der Waals surface area contributed by atoms with Crippen molar-refractivity contribution in [1.29, 1.82) is 0 Å². The van der Waals surface area contributed by atoms with E-state index in [4.69, 9.17) is 9.84 Å². The van der Waals surface area contributed by atoms with Crippen molar-refractivity contribution in [1.82, 2.24) is 10.3 Å². The highest BCUT2D eigenvalue weighted by atomic mass is 16.5. The second-order valence-corrected chi connectivity index (χ2v) is 5.65. The minimum Gasteiger partial charge on any atom is -0.478 e. The number of ether oxygens (including phenoxy) is 1. The number of rotatable bonds is 6. The first-order valence-corrected chi connectivity index (χ1v) is 7.64. The first-order chi connectivity index (χ1) is 10.1. The summed E-state index contributed by atoms with van der Waals surface area (Å²) in [4.78, 5) is 15.0. The largest absolute Gasteiger partial charge is 0.478 e. The predicted octanol–water partition coefficient (Wildman–Crippen LogP) is 2.61. The van der Waals surface area contributed by atoms with Gasteiger partial charge in [0.2, 0.25) is 0 Å². The van der Waals surface area contributed by atoms with Crippen molar-refractivity contribution in [2.75, 3.05) is 6.61 Å². The highest BCUT2D eigenvalue weighted by Gasteiger charge is 2.34. The van der Waals surface area contributed by atoms with Gasteiger partial charge in [0.15, 0.2) is 0 Å². The Labute approximate surface area is 125 Å². The van der Waals surface area contributed by atoms with E-state index in [9.17, 15) is 4.79 Å². The van der Waals surface area contributed by atoms with Crippen LogP contribution in [0.3, 0.4) is 0 Å². The van der Waals surface area contributed by atoms with Gasteiger partial charge in [-0.25, -0.2) is 4.79 Å². The van der Waals surface area contributed by atoms with Gasteiger partial charge in [-0.2, -0.15) is 0 Å². The summed E-state index contributed by atoms with van der Waals surface area (Å²) >= 11 is 0. The molecule has 0 radical (unpaired) electrons. The summed E-state index contributed by atoms with van der Waals surface area (Å²) in [6.45, 7) is 5.81. The SMILES string of the molecule is CCC1(CC)CC(NCc2ccc(C(=O)O)cn2)CCO1. The maximum absolute atomic E-state index is 10.8. The molecule has 1 unspecified atom stereocenters. The molecule has 21 heavy (non-hydrogen) atoms. The summed E-state index contributed by atoms with van der Waals surface area (Å²) in [6, 6.07) is 3.79. The van der Waals surface area contributed by atoms with Gasteiger partial charge in [-0.05, 0) is 37.8 Å². The van der Waals surface area contributed by atoms with Gasteiger partial charge in [-0.3, -0.25) is 4.98 Å². The monoisotopic (exact) mass is 292 g/mol. The van der Waals surface area contributed by atoms with Crippen LogP contribution in [0.4, 0.5) is 0 Å². The molecule has 2 rings (SSSR count). The van der Waals surface area contributed by atoms with Crippen molar-refractivity contribution >= 4 is 5.97 Å². The van der Waals surface area contributed by atoms with Gasteiger partial charge >= 0.3 is 5.97 Å². The lowest BCUT2D eigenvalue weighted by atomic mass is 9.86. The lowest BCUT2D eigenvalue weighted by Gasteiger charge is -2.40. The highest BCUT2D eigenvalue weighted by molar-refractivity contribution is 5.87. The van der Waals surface area contributed by atoms with E-state index in [0.29, 0.717) is 12.6 Å². The zero-order valence-electron chi connectivity index (χ0n) is 12.8. The lowest BCUT2D eigenvalue weighted by Crippen LogP contribution is -2.46. The zero-order valence-corrected chi connectivity index (χ0v) is 12.8. The van der Waals surface area contributed by atoms with Crippen LogP contribution in [0, 0.1) is 0 Å². The fraction of sp³-hybridized carbons (Fsp3) is 0.625. The van der Waals surface area contributed by atoms with E-state index in [1.165, 1.54) is 6.20 Å². The summed E-state index contributed by atoms with van der Waals surface area (Å²) in [7, 11) is 0. The molecule has 5 nitrogen and oxygen atoms in total. The van der Waals surface area contributed by atoms with Crippen LogP contribution in [0.5, 0.6) is 0 Å². The average molecular weight is 292 g/mol. The highest BCUT2D eigenvalue weighted by Crippen LogP contribution is 2.31. The predicted molar refractivity (Wildman–Crippen MR) is 80.3 cm³/mol. The molecule has 5 heteroatoms. The summed E-state index contributed by atoms with van der Waals surface area (Å²) < 4.78 is 5.97. The fourth-order valence-corrected chi connectivity index (χ4v) is 2.85. The van der Waals surface area contributed by atoms with Crippen LogP contribution in [0.2, 0.25) is 0 Å². The Morgan fingerprint density at radius 2 is 2.24 bits per heavy atom. The Morgan fingerprint density at radius 3 is 2.81 bits per heavy atom. The topological polar surface area (TPSA) is 71.5 Å². The summed E-state index contributed by atoms with van der Waals surface area (Å²) in [5.41, 5.74) is 1.10. The number of carbonyl (C=O) groups is 1. The van der Waals surface area contributed by atoms with Gasteiger partial charge in [-0.1, -0.05) is 13.8 Å². The van der Waals surface area contributed by atoms with E-state index in [1.54, 1.807) is 12.1 Å². The van der Waals surface area contributed by atoms with Crippen molar-refractivity contribution in [2.45, 2.75) is 57.7 Å². The number of nitrogens with zero attached hydrogens (tertiary/aromatic N) is 1. The molecular formula is C16H24N2O3. The van der Waals surface area contributed by atoms with Crippen molar-refractivity contribution in [3.8, 4) is 0 Å². The first-order valence-electron chi connectivity index (χ1n) is 7.64. The normalized spacial score (nSPS) is 21.1. The van der Waals surface area contributed by atoms with Gasteiger partial charge in [0, 0.05) is 25.4 Å². The number of nitrogens with one attached hydrogen (secondary N) is 1. The minimum absolute atomic E-state index is 0.0104. The second-order valence-electron chi connectivity index (χ2n) is 5.65. The molecule has 0 aromatic carbocycles. The third kappa shape index (κ3) is 4.02. The van der Waals surface area contributed by atoms with Crippen molar-refractivity contribution < 1.29 is 14.6 Å². The van der Waals surface area contributed by atoms with Crippen LogP contribution in [0.1, 0.15) is 55.6 Å². The third-order valence-electron chi connectivity index (χ3n) is 4.43. The van der Waals surface area contributed by atoms with Crippen LogP contribution in [0.25, 0.3) is 0 Å². The molecule has 0 amide bonds. The molecule has 1 atom stereocenters. The van der Waals surface area contributed by atoms with Gasteiger partial charge in [-0.15, -0.1) is 0 Å². The third-order valence-corrected chi connectivity index (χ3v) is 4.43. The van der Waals surface area contributed by atoms with E-state index in [0.717, 1.165) is 38.0 Å². The molecule has 1 aromatic heterocycles. The number of pyridine rings is 1. The van der Waals surface area contributed by atoms with Gasteiger partial charge in [0.05, 0.1) is 16.9 Å². The number of hydrogen-bond donors (Lipinski definition) is 2. The first kappa shape index (κ1) is 15.9. The Balaban J connectivity index is 1.89. The Morgan fingerprint density at radius 1 is 1.48 bits per heavy atom. The molecule has 0 spiro atoms. The van der Waals surface area contributed by atoms with Crippen LogP contribution >= 0.6 is 0 Å². The number of hydrogen-bond acceptors (Lipinski definition) is 4. The van der Waals surface area contributed by atoms with E-state index >= 15 is 0 Å².